The summed E-state index contributed by atoms with van der Waals surface area (Å²) in [5.41, 5.74) is 5.75. The summed E-state index contributed by atoms with van der Waals surface area (Å²) in [6.07, 6.45) is 7.86. The van der Waals surface area contributed by atoms with Crippen LogP contribution in [0.1, 0.15) is 44.9 Å². The van der Waals surface area contributed by atoms with Crippen LogP contribution in [0.4, 0.5) is 0 Å². The Morgan fingerprint density at radius 2 is 1.95 bits per heavy atom. The first-order valence-electron chi connectivity index (χ1n) is 7.75. The minimum atomic E-state index is -0.243. The average Bonchev–Trinajstić information content (AvgIpc) is 2.85. The lowest BCUT2D eigenvalue weighted by Gasteiger charge is -2.40. The summed E-state index contributed by atoms with van der Waals surface area (Å²) in [6, 6.07) is 0.396. The third kappa shape index (κ3) is 3.11. The van der Waals surface area contributed by atoms with Crippen LogP contribution in [0.25, 0.3) is 0 Å². The Bertz CT molecular complexity index is 311. The van der Waals surface area contributed by atoms with Crippen molar-refractivity contribution in [3.05, 3.63) is 0 Å². The minimum absolute atomic E-state index is 0.243. The number of amides is 1. The predicted molar refractivity (Wildman–Crippen MR) is 77.9 cm³/mol. The van der Waals surface area contributed by atoms with Gasteiger partial charge < -0.3 is 15.5 Å². The molecule has 0 bridgehead atoms. The summed E-state index contributed by atoms with van der Waals surface area (Å²) < 4.78 is 0. The van der Waals surface area contributed by atoms with Crippen molar-refractivity contribution in [2.24, 2.45) is 11.1 Å². The van der Waals surface area contributed by atoms with E-state index in [1.165, 1.54) is 6.42 Å². The van der Waals surface area contributed by atoms with E-state index in [-0.39, 0.29) is 5.41 Å². The molecular formula is C15H29N3O. The summed E-state index contributed by atoms with van der Waals surface area (Å²) in [6.45, 7) is 2.43. The summed E-state index contributed by atoms with van der Waals surface area (Å²) >= 11 is 0. The lowest BCUT2D eigenvalue weighted by Crippen LogP contribution is -2.52. The van der Waals surface area contributed by atoms with Gasteiger partial charge in [-0.2, -0.15) is 0 Å². The maximum absolute atomic E-state index is 13.0. The van der Waals surface area contributed by atoms with E-state index in [4.69, 9.17) is 5.73 Å². The van der Waals surface area contributed by atoms with E-state index in [0.717, 1.165) is 51.6 Å². The second kappa shape index (κ2) is 6.23. The summed E-state index contributed by atoms with van der Waals surface area (Å²) in [7, 11) is 4.17. The first-order valence-corrected chi connectivity index (χ1v) is 7.75. The molecule has 1 unspecified atom stereocenters. The fourth-order valence-corrected chi connectivity index (χ4v) is 3.75. The molecule has 2 fully saturated rings. The Balaban J connectivity index is 2.08. The maximum Gasteiger partial charge on any atom is 0.230 e. The number of hydrogen-bond donors (Lipinski definition) is 1. The van der Waals surface area contributed by atoms with Crippen LogP contribution >= 0.6 is 0 Å². The van der Waals surface area contributed by atoms with Crippen LogP contribution in [0.3, 0.4) is 0 Å². The first kappa shape index (κ1) is 14.8. The molecule has 1 heterocycles. The Labute approximate surface area is 117 Å². The molecule has 110 valence electrons. The van der Waals surface area contributed by atoms with Crippen LogP contribution < -0.4 is 5.73 Å². The number of hydrogen-bond acceptors (Lipinski definition) is 3. The van der Waals surface area contributed by atoms with Crippen LogP contribution in [0.2, 0.25) is 0 Å². The molecule has 2 aliphatic rings. The summed E-state index contributed by atoms with van der Waals surface area (Å²) in [5.74, 6) is 0.346. The van der Waals surface area contributed by atoms with Gasteiger partial charge in [0.1, 0.15) is 0 Å². The van der Waals surface area contributed by atoms with Gasteiger partial charge in [0.05, 0.1) is 5.41 Å². The number of rotatable bonds is 4. The molecule has 1 saturated carbocycles. The van der Waals surface area contributed by atoms with Crippen molar-refractivity contribution in [3.63, 3.8) is 0 Å². The van der Waals surface area contributed by atoms with Gasteiger partial charge in [-0.25, -0.2) is 0 Å². The van der Waals surface area contributed by atoms with E-state index in [2.05, 4.69) is 23.9 Å². The van der Waals surface area contributed by atoms with Crippen LogP contribution in [-0.2, 0) is 4.79 Å². The lowest BCUT2D eigenvalue weighted by molar-refractivity contribution is -0.144. The van der Waals surface area contributed by atoms with Gasteiger partial charge in [-0.05, 0) is 39.8 Å². The molecule has 4 nitrogen and oxygen atoms in total. The largest absolute Gasteiger partial charge is 0.338 e. The lowest BCUT2D eigenvalue weighted by atomic mass is 9.73. The number of nitrogens with zero attached hydrogens (tertiary/aromatic N) is 2. The van der Waals surface area contributed by atoms with E-state index in [9.17, 15) is 4.79 Å². The Morgan fingerprint density at radius 1 is 1.26 bits per heavy atom. The van der Waals surface area contributed by atoms with E-state index >= 15 is 0 Å². The van der Waals surface area contributed by atoms with E-state index in [1.54, 1.807) is 0 Å². The molecule has 0 aromatic rings. The molecule has 1 aliphatic heterocycles. The zero-order valence-electron chi connectivity index (χ0n) is 12.5. The standard InChI is InChI=1S/C15H29N3O/c1-17(2)11-13-7-6-10-18(13)14(19)15(12-16)8-4-3-5-9-15/h13H,3-12,16H2,1-2H3. The zero-order valence-corrected chi connectivity index (χ0v) is 12.5. The molecule has 0 spiro atoms. The molecule has 1 amide bonds. The molecule has 4 heteroatoms. The minimum Gasteiger partial charge on any atom is -0.338 e. The number of carbonyl (C=O) groups is 1. The number of nitrogens with two attached hydrogens (primary N) is 1. The average molecular weight is 267 g/mol. The Morgan fingerprint density at radius 3 is 2.53 bits per heavy atom. The first-order chi connectivity index (χ1) is 9.09. The molecule has 0 radical (unpaired) electrons. The molecule has 1 atom stereocenters. The highest BCUT2D eigenvalue weighted by molar-refractivity contribution is 5.83. The monoisotopic (exact) mass is 267 g/mol. The van der Waals surface area contributed by atoms with Gasteiger partial charge in [-0.15, -0.1) is 0 Å². The van der Waals surface area contributed by atoms with Crippen LogP contribution in [-0.4, -0.2) is 55.5 Å². The van der Waals surface area contributed by atoms with E-state index in [1.807, 2.05) is 0 Å². The van der Waals surface area contributed by atoms with E-state index in [0.29, 0.717) is 18.5 Å². The van der Waals surface area contributed by atoms with Crippen molar-refractivity contribution in [2.75, 3.05) is 33.7 Å². The molecular weight excluding hydrogens is 238 g/mol. The molecule has 1 saturated heterocycles. The zero-order chi connectivity index (χ0) is 13.9. The van der Waals surface area contributed by atoms with Gasteiger partial charge >= 0.3 is 0 Å². The van der Waals surface area contributed by atoms with Gasteiger partial charge in [0, 0.05) is 25.7 Å². The van der Waals surface area contributed by atoms with E-state index < -0.39 is 0 Å². The molecule has 2 N–H and O–H groups in total. The molecule has 0 aromatic carbocycles. The summed E-state index contributed by atoms with van der Waals surface area (Å²) in [4.78, 5) is 17.3. The highest BCUT2D eigenvalue weighted by Crippen LogP contribution is 2.38. The van der Waals surface area contributed by atoms with Crippen LogP contribution in [0.5, 0.6) is 0 Å². The van der Waals surface area contributed by atoms with Gasteiger partial charge in [-0.1, -0.05) is 19.3 Å². The quantitative estimate of drug-likeness (QED) is 0.838. The Kier molecular flexibility index (Phi) is 4.85. The predicted octanol–water partition coefficient (Wildman–Crippen LogP) is 1.45. The summed E-state index contributed by atoms with van der Waals surface area (Å²) in [5, 5.41) is 0. The van der Waals surface area contributed by atoms with Gasteiger partial charge in [0.2, 0.25) is 5.91 Å². The fraction of sp³-hybridized carbons (Fsp3) is 0.933. The van der Waals surface area contributed by atoms with Crippen LogP contribution in [0.15, 0.2) is 0 Å². The maximum atomic E-state index is 13.0. The second-order valence-corrected chi connectivity index (χ2v) is 6.60. The third-order valence-electron chi connectivity index (χ3n) is 4.87. The van der Waals surface area contributed by atoms with Crippen molar-refractivity contribution in [1.82, 2.24) is 9.80 Å². The van der Waals surface area contributed by atoms with Crippen LogP contribution in [0, 0.1) is 5.41 Å². The number of carbonyl (C=O) groups excluding carboxylic acids is 1. The highest BCUT2D eigenvalue weighted by atomic mass is 16.2. The highest BCUT2D eigenvalue weighted by Gasteiger charge is 2.43. The van der Waals surface area contributed by atoms with Crippen molar-refractivity contribution >= 4 is 5.91 Å². The van der Waals surface area contributed by atoms with Gasteiger partial charge in [0.25, 0.3) is 0 Å². The van der Waals surface area contributed by atoms with Crippen molar-refractivity contribution in [3.8, 4) is 0 Å². The van der Waals surface area contributed by atoms with Gasteiger partial charge in [0.15, 0.2) is 0 Å². The molecule has 2 rings (SSSR count). The number of likely N-dealkylation sites (N-methyl/N-ethyl adjacent to an activating group) is 1. The second-order valence-electron chi connectivity index (χ2n) is 6.60. The van der Waals surface area contributed by atoms with Gasteiger partial charge in [-0.3, -0.25) is 4.79 Å². The molecule has 19 heavy (non-hydrogen) atoms. The Hall–Kier alpha value is -0.610. The van der Waals surface area contributed by atoms with Crippen molar-refractivity contribution < 1.29 is 4.79 Å². The van der Waals surface area contributed by atoms with Crippen molar-refractivity contribution in [2.45, 2.75) is 51.0 Å². The molecule has 1 aliphatic carbocycles. The smallest absolute Gasteiger partial charge is 0.230 e. The SMILES string of the molecule is CN(C)CC1CCCN1C(=O)C1(CN)CCCCC1. The number of likely N-dealkylation sites (tertiary alicyclic amines) is 1. The topological polar surface area (TPSA) is 49.6 Å². The molecule has 0 aromatic heterocycles. The normalized spacial score (nSPS) is 26.9. The third-order valence-corrected chi connectivity index (χ3v) is 4.87. The fourth-order valence-electron chi connectivity index (χ4n) is 3.75. The van der Waals surface area contributed by atoms with Crippen molar-refractivity contribution in [1.29, 1.82) is 0 Å².